The largest absolute Gasteiger partial charge is 0.624 e. The molecule has 122 valence electrons. The van der Waals surface area contributed by atoms with Crippen molar-refractivity contribution in [1.82, 2.24) is 4.98 Å². The highest BCUT2D eigenvalue weighted by Gasteiger charge is 2.06. The number of hydrogen-bond donors (Lipinski definition) is 0. The van der Waals surface area contributed by atoms with Gasteiger partial charge in [-0.15, -0.1) is 11.3 Å². The van der Waals surface area contributed by atoms with Crippen molar-refractivity contribution in [2.24, 2.45) is 0 Å². The normalized spacial score (nSPS) is 11.5. The molecule has 2 aromatic rings. The van der Waals surface area contributed by atoms with Crippen LogP contribution in [-0.2, 0) is 6.54 Å². The minimum Gasteiger partial charge on any atom is -0.624 e. The van der Waals surface area contributed by atoms with Crippen molar-refractivity contribution in [3.05, 3.63) is 63.3 Å². The van der Waals surface area contributed by atoms with E-state index in [4.69, 9.17) is 11.6 Å². The summed E-state index contributed by atoms with van der Waals surface area (Å²) in [7, 11) is 0. The van der Waals surface area contributed by atoms with Crippen LogP contribution in [0.3, 0.4) is 0 Å². The Morgan fingerprint density at radius 3 is 2.91 bits per heavy atom. The van der Waals surface area contributed by atoms with Gasteiger partial charge in [0.25, 0.3) is 6.08 Å². The molecule has 0 atom stereocenters. The fraction of sp³-hybridized carbons (Fsp3) is 0.200. The van der Waals surface area contributed by atoms with E-state index in [1.165, 1.54) is 29.3 Å². The predicted octanol–water partition coefficient (Wildman–Crippen LogP) is 5.19. The third kappa shape index (κ3) is 6.29. The van der Waals surface area contributed by atoms with Crippen molar-refractivity contribution in [2.75, 3.05) is 5.75 Å². The number of thiazole rings is 1. The molecular formula is C15H13ClF2N2OS2. The Morgan fingerprint density at radius 2 is 2.17 bits per heavy atom. The van der Waals surface area contributed by atoms with Gasteiger partial charge < -0.3 is 5.21 Å². The van der Waals surface area contributed by atoms with Gasteiger partial charge in [-0.05, 0) is 18.6 Å². The van der Waals surface area contributed by atoms with Crippen LogP contribution in [0.25, 0.3) is 0 Å². The van der Waals surface area contributed by atoms with Gasteiger partial charge in [0.05, 0.1) is 11.2 Å². The number of benzene rings is 1. The van der Waals surface area contributed by atoms with Crippen molar-refractivity contribution in [3.8, 4) is 0 Å². The van der Waals surface area contributed by atoms with Gasteiger partial charge in [0.2, 0.25) is 0 Å². The van der Waals surface area contributed by atoms with Crippen molar-refractivity contribution < 1.29 is 13.5 Å². The maximum Gasteiger partial charge on any atom is 0.266 e. The standard InChI is InChI=1S/C15H13ClF2N2OS2/c16-13-5-2-1-4-11(13)9-20(21)10-12-8-19-15(23-12)22-7-3-6-14(17)18/h1-2,4-6,8,10H,3,7,9H2/b20-10-. The van der Waals surface area contributed by atoms with Crippen molar-refractivity contribution in [3.63, 3.8) is 0 Å². The summed E-state index contributed by atoms with van der Waals surface area (Å²) in [6, 6.07) is 7.17. The van der Waals surface area contributed by atoms with Gasteiger partial charge in [0, 0.05) is 11.3 Å². The summed E-state index contributed by atoms with van der Waals surface area (Å²) in [5.74, 6) is 0.519. The van der Waals surface area contributed by atoms with Crippen LogP contribution in [0.4, 0.5) is 8.78 Å². The van der Waals surface area contributed by atoms with Crippen LogP contribution in [0.15, 0.2) is 47.0 Å². The summed E-state index contributed by atoms with van der Waals surface area (Å²) in [4.78, 5) is 4.87. The zero-order chi connectivity index (χ0) is 16.7. The lowest BCUT2D eigenvalue weighted by atomic mass is 10.2. The quantitative estimate of drug-likeness (QED) is 0.167. The molecule has 0 N–H and O–H groups in total. The van der Waals surface area contributed by atoms with Crippen LogP contribution >= 0.6 is 34.7 Å². The lowest BCUT2D eigenvalue weighted by Crippen LogP contribution is -2.05. The first-order valence-electron chi connectivity index (χ1n) is 6.66. The second-order valence-electron chi connectivity index (χ2n) is 4.46. The van der Waals surface area contributed by atoms with E-state index < -0.39 is 6.08 Å². The minimum absolute atomic E-state index is 0.153. The zero-order valence-corrected chi connectivity index (χ0v) is 14.3. The van der Waals surface area contributed by atoms with E-state index in [9.17, 15) is 14.0 Å². The molecule has 0 aliphatic heterocycles. The summed E-state index contributed by atoms with van der Waals surface area (Å²) < 4.78 is 25.3. The third-order valence-electron chi connectivity index (χ3n) is 2.70. The van der Waals surface area contributed by atoms with E-state index in [0.717, 1.165) is 20.7 Å². The van der Waals surface area contributed by atoms with Crippen molar-refractivity contribution >= 4 is 40.9 Å². The number of rotatable bonds is 7. The first-order valence-corrected chi connectivity index (χ1v) is 8.84. The molecule has 0 aliphatic rings. The maximum atomic E-state index is 12.0. The molecule has 2 rings (SSSR count). The number of aromatic nitrogens is 1. The lowest BCUT2D eigenvalue weighted by molar-refractivity contribution is -0.469. The van der Waals surface area contributed by atoms with Gasteiger partial charge >= 0.3 is 0 Å². The fourth-order valence-corrected chi connectivity index (χ4v) is 3.78. The Kier molecular flexibility index (Phi) is 7.01. The van der Waals surface area contributed by atoms with Crippen LogP contribution in [0.5, 0.6) is 0 Å². The second-order valence-corrected chi connectivity index (χ2v) is 7.27. The molecule has 0 saturated heterocycles. The van der Waals surface area contributed by atoms with Crippen LogP contribution in [-0.4, -0.2) is 21.7 Å². The molecule has 3 nitrogen and oxygen atoms in total. The number of thioether (sulfide) groups is 1. The van der Waals surface area contributed by atoms with Gasteiger partial charge in [-0.25, -0.2) is 9.72 Å². The first kappa shape index (κ1) is 17.9. The number of halogens is 3. The van der Waals surface area contributed by atoms with Gasteiger partial charge in [-0.3, -0.25) is 0 Å². The second kappa shape index (κ2) is 9.00. The monoisotopic (exact) mass is 374 g/mol. The van der Waals surface area contributed by atoms with E-state index in [0.29, 0.717) is 15.7 Å². The predicted molar refractivity (Wildman–Crippen MR) is 91.7 cm³/mol. The van der Waals surface area contributed by atoms with E-state index >= 15 is 0 Å². The Labute approximate surface area is 145 Å². The van der Waals surface area contributed by atoms with Gasteiger partial charge in [-0.1, -0.05) is 41.6 Å². The van der Waals surface area contributed by atoms with Crippen LogP contribution in [0.1, 0.15) is 16.9 Å². The van der Waals surface area contributed by atoms with Gasteiger partial charge in [-0.2, -0.15) is 8.78 Å². The number of allylic oxidation sites excluding steroid dienone is 1. The maximum absolute atomic E-state index is 12.0. The molecule has 8 heteroatoms. The van der Waals surface area contributed by atoms with Gasteiger partial charge in [0.15, 0.2) is 17.1 Å². The first-order chi connectivity index (χ1) is 11.0. The highest BCUT2D eigenvalue weighted by atomic mass is 35.5. The van der Waals surface area contributed by atoms with Crippen LogP contribution < -0.4 is 0 Å². The summed E-state index contributed by atoms with van der Waals surface area (Å²) in [5, 5.41) is 12.5. The minimum atomic E-state index is -1.67. The molecule has 0 amide bonds. The number of hydroxylamine groups is 1. The Hall–Kier alpha value is -1.44. The molecular weight excluding hydrogens is 362 g/mol. The van der Waals surface area contributed by atoms with E-state index in [-0.39, 0.29) is 13.0 Å². The molecule has 23 heavy (non-hydrogen) atoms. The molecule has 0 aliphatic carbocycles. The van der Waals surface area contributed by atoms with E-state index in [1.807, 2.05) is 6.07 Å². The average molecular weight is 375 g/mol. The molecule has 0 saturated carbocycles. The topological polar surface area (TPSA) is 39.0 Å². The van der Waals surface area contributed by atoms with Crippen LogP contribution in [0, 0.1) is 5.21 Å². The fourth-order valence-electron chi connectivity index (χ4n) is 1.69. The van der Waals surface area contributed by atoms with Crippen molar-refractivity contribution in [1.29, 1.82) is 0 Å². The number of nitrogens with zero attached hydrogens (tertiary/aromatic N) is 2. The molecule has 0 fully saturated rings. The summed E-state index contributed by atoms with van der Waals surface area (Å²) >= 11 is 8.75. The molecule has 0 radical (unpaired) electrons. The summed E-state index contributed by atoms with van der Waals surface area (Å²) in [6.45, 7) is 0.153. The zero-order valence-electron chi connectivity index (χ0n) is 11.9. The molecule has 1 aromatic heterocycles. The highest BCUT2D eigenvalue weighted by Crippen LogP contribution is 2.24. The van der Waals surface area contributed by atoms with Gasteiger partial charge in [0.1, 0.15) is 4.88 Å². The average Bonchev–Trinajstić information content (AvgIpc) is 2.93. The molecule has 1 aromatic carbocycles. The smallest absolute Gasteiger partial charge is 0.266 e. The summed E-state index contributed by atoms with van der Waals surface area (Å²) in [5.41, 5.74) is 0.750. The molecule has 0 bridgehead atoms. The molecule has 1 heterocycles. The SMILES string of the molecule is [O-]/[N+](=C\c1cnc(SCCC=C(F)F)s1)Cc1ccccc1Cl. The highest BCUT2D eigenvalue weighted by molar-refractivity contribution is 8.01. The van der Waals surface area contributed by atoms with Crippen LogP contribution in [0.2, 0.25) is 5.02 Å². The Bertz CT molecular complexity index is 715. The Balaban J connectivity index is 1.92. The van der Waals surface area contributed by atoms with Crippen molar-refractivity contribution in [2.45, 2.75) is 17.3 Å². The van der Waals surface area contributed by atoms with E-state index in [2.05, 4.69) is 4.98 Å². The summed E-state index contributed by atoms with van der Waals surface area (Å²) in [6.07, 6.45) is 2.55. The number of hydrogen-bond acceptors (Lipinski definition) is 4. The third-order valence-corrected chi connectivity index (χ3v) is 5.19. The Morgan fingerprint density at radius 1 is 1.39 bits per heavy atom. The lowest BCUT2D eigenvalue weighted by Gasteiger charge is -2.04. The molecule has 0 spiro atoms. The molecule has 0 unspecified atom stereocenters. The van der Waals surface area contributed by atoms with E-state index in [1.54, 1.807) is 24.4 Å².